The molecule has 20 heavy (non-hydrogen) atoms. The molecule has 2 aromatic carbocycles. The summed E-state index contributed by atoms with van der Waals surface area (Å²) in [6.07, 6.45) is 0. The summed E-state index contributed by atoms with van der Waals surface area (Å²) in [4.78, 5) is 0. The van der Waals surface area contributed by atoms with E-state index in [1.165, 1.54) is 22.3 Å². The van der Waals surface area contributed by atoms with Crippen molar-refractivity contribution in [1.82, 2.24) is 0 Å². The lowest BCUT2D eigenvalue weighted by Crippen LogP contribution is -2.12. The molecule has 0 aromatic heterocycles. The highest BCUT2D eigenvalue weighted by Crippen LogP contribution is 2.29. The second-order valence-electron chi connectivity index (χ2n) is 5.52. The average Bonchev–Trinajstić information content (AvgIpc) is 3.13. The van der Waals surface area contributed by atoms with Crippen molar-refractivity contribution in [2.75, 3.05) is 0 Å². The molecule has 102 valence electrons. The van der Waals surface area contributed by atoms with Crippen LogP contribution in [-0.2, 0) is 35.9 Å². The fourth-order valence-electron chi connectivity index (χ4n) is 2.96. The average molecular weight is 267 g/mol. The van der Waals surface area contributed by atoms with Gasteiger partial charge in [0.15, 0.2) is 0 Å². The lowest BCUT2D eigenvalue weighted by Gasteiger charge is -2.15. The maximum atomic E-state index is 6.42. The van der Waals surface area contributed by atoms with Crippen LogP contribution >= 0.6 is 0 Å². The number of ether oxygens (including phenoxy) is 2. The van der Waals surface area contributed by atoms with Crippen LogP contribution in [0, 0.1) is 0 Å². The zero-order valence-electron chi connectivity index (χ0n) is 11.3. The molecule has 4 rings (SSSR count). The summed E-state index contributed by atoms with van der Waals surface area (Å²) in [6.45, 7) is 2.85. The fourth-order valence-corrected chi connectivity index (χ4v) is 2.96. The van der Waals surface area contributed by atoms with Gasteiger partial charge in [0.2, 0.25) is 0 Å². The summed E-state index contributed by atoms with van der Waals surface area (Å²) in [5, 5.41) is 0. The van der Waals surface area contributed by atoms with Crippen LogP contribution < -0.4 is 5.73 Å². The van der Waals surface area contributed by atoms with Crippen LogP contribution in [-0.4, -0.2) is 0 Å². The minimum atomic E-state index is -0.0909. The summed E-state index contributed by atoms with van der Waals surface area (Å²) in [7, 11) is 0. The lowest BCUT2D eigenvalue weighted by atomic mass is 9.94. The first kappa shape index (κ1) is 12.1. The third kappa shape index (κ3) is 1.95. The molecule has 2 aliphatic heterocycles. The van der Waals surface area contributed by atoms with E-state index >= 15 is 0 Å². The summed E-state index contributed by atoms with van der Waals surface area (Å²) in [5.74, 6) is 0. The summed E-state index contributed by atoms with van der Waals surface area (Å²) in [5.41, 5.74) is 13.8. The van der Waals surface area contributed by atoms with Gasteiger partial charge in [0.05, 0.1) is 32.5 Å². The van der Waals surface area contributed by atoms with Crippen LogP contribution in [0.4, 0.5) is 0 Å². The normalized spacial score (nSPS) is 16.5. The van der Waals surface area contributed by atoms with Gasteiger partial charge in [0, 0.05) is 0 Å². The van der Waals surface area contributed by atoms with Crippen LogP contribution in [0.1, 0.15) is 39.4 Å². The van der Waals surface area contributed by atoms with E-state index in [4.69, 9.17) is 15.2 Å². The zero-order valence-corrected chi connectivity index (χ0v) is 11.3. The lowest BCUT2D eigenvalue weighted by molar-refractivity contribution is 0.134. The van der Waals surface area contributed by atoms with Crippen LogP contribution in [0.15, 0.2) is 36.4 Å². The van der Waals surface area contributed by atoms with Crippen molar-refractivity contribution < 1.29 is 9.47 Å². The van der Waals surface area contributed by atoms with E-state index in [2.05, 4.69) is 36.4 Å². The number of fused-ring (bicyclic) bond motifs is 2. The van der Waals surface area contributed by atoms with Gasteiger partial charge in [-0.1, -0.05) is 36.4 Å². The van der Waals surface area contributed by atoms with Gasteiger partial charge in [-0.15, -0.1) is 0 Å². The fraction of sp³-hybridized carbons (Fsp3) is 0.294. The Morgan fingerprint density at radius 2 is 1.15 bits per heavy atom. The minimum absolute atomic E-state index is 0.0909. The molecular formula is C17H17NO2. The van der Waals surface area contributed by atoms with Gasteiger partial charge >= 0.3 is 0 Å². The molecule has 0 unspecified atom stereocenters. The topological polar surface area (TPSA) is 44.5 Å². The number of benzene rings is 2. The Kier molecular flexibility index (Phi) is 2.84. The number of hydrogen-bond acceptors (Lipinski definition) is 3. The van der Waals surface area contributed by atoms with E-state index in [1.54, 1.807) is 0 Å². The third-order valence-corrected chi connectivity index (χ3v) is 4.21. The second-order valence-corrected chi connectivity index (χ2v) is 5.52. The highest BCUT2D eigenvalue weighted by molar-refractivity contribution is 5.41. The molecule has 0 saturated heterocycles. The molecule has 3 heteroatoms. The Morgan fingerprint density at radius 1 is 0.700 bits per heavy atom. The Labute approximate surface area is 118 Å². The van der Waals surface area contributed by atoms with Gasteiger partial charge in [-0.05, 0) is 33.4 Å². The van der Waals surface area contributed by atoms with Crippen molar-refractivity contribution in [3.8, 4) is 0 Å². The van der Waals surface area contributed by atoms with Crippen molar-refractivity contribution >= 4 is 0 Å². The van der Waals surface area contributed by atoms with Gasteiger partial charge in [-0.2, -0.15) is 0 Å². The molecule has 2 N–H and O–H groups in total. The molecule has 0 fully saturated rings. The third-order valence-electron chi connectivity index (χ3n) is 4.21. The predicted octanol–water partition coefficient (Wildman–Crippen LogP) is 2.80. The Balaban J connectivity index is 1.68. The highest BCUT2D eigenvalue weighted by atomic mass is 16.5. The first-order valence-corrected chi connectivity index (χ1v) is 6.96. The first-order chi connectivity index (χ1) is 9.81. The van der Waals surface area contributed by atoms with Gasteiger partial charge in [-0.25, -0.2) is 0 Å². The van der Waals surface area contributed by atoms with E-state index in [9.17, 15) is 0 Å². The summed E-state index contributed by atoms with van der Waals surface area (Å²) >= 11 is 0. The molecule has 0 spiro atoms. The van der Waals surface area contributed by atoms with Crippen LogP contribution in [0.3, 0.4) is 0 Å². The first-order valence-electron chi connectivity index (χ1n) is 6.96. The zero-order chi connectivity index (χ0) is 13.5. The number of nitrogens with two attached hydrogens (primary N) is 1. The van der Waals surface area contributed by atoms with Gasteiger partial charge in [-0.3, -0.25) is 0 Å². The monoisotopic (exact) mass is 267 g/mol. The summed E-state index contributed by atoms with van der Waals surface area (Å²) in [6, 6.07) is 12.8. The largest absolute Gasteiger partial charge is 0.372 e. The standard InChI is InChI=1S/C17H17NO2/c18-17(11-1-3-13-7-19-9-15(13)5-11)12-2-4-14-8-20-10-16(14)6-12/h1-6,17H,7-10,18H2. The molecular weight excluding hydrogens is 250 g/mol. The molecule has 0 bridgehead atoms. The molecule has 2 aromatic rings. The molecule has 0 amide bonds. The molecule has 0 radical (unpaired) electrons. The molecule has 2 aliphatic rings. The Bertz CT molecular complexity index is 609. The quantitative estimate of drug-likeness (QED) is 0.910. The molecule has 0 atom stereocenters. The maximum Gasteiger partial charge on any atom is 0.0725 e. The SMILES string of the molecule is NC(c1ccc2c(c1)COC2)c1ccc2c(c1)COC2. The van der Waals surface area contributed by atoms with E-state index < -0.39 is 0 Å². The molecule has 3 nitrogen and oxygen atoms in total. The highest BCUT2D eigenvalue weighted by Gasteiger charge is 2.17. The second kappa shape index (κ2) is 4.70. The van der Waals surface area contributed by atoms with Crippen molar-refractivity contribution in [3.63, 3.8) is 0 Å². The smallest absolute Gasteiger partial charge is 0.0725 e. The predicted molar refractivity (Wildman–Crippen MR) is 75.9 cm³/mol. The number of rotatable bonds is 2. The van der Waals surface area contributed by atoms with Crippen LogP contribution in [0.2, 0.25) is 0 Å². The van der Waals surface area contributed by atoms with E-state index in [-0.39, 0.29) is 6.04 Å². The van der Waals surface area contributed by atoms with Crippen molar-refractivity contribution in [2.24, 2.45) is 5.73 Å². The molecule has 0 aliphatic carbocycles. The van der Waals surface area contributed by atoms with Crippen LogP contribution in [0.5, 0.6) is 0 Å². The Hall–Kier alpha value is -1.68. The minimum Gasteiger partial charge on any atom is -0.372 e. The van der Waals surface area contributed by atoms with Gasteiger partial charge < -0.3 is 15.2 Å². The summed E-state index contributed by atoms with van der Waals surface area (Å²) < 4.78 is 10.9. The van der Waals surface area contributed by atoms with Crippen LogP contribution in [0.25, 0.3) is 0 Å². The van der Waals surface area contributed by atoms with Crippen molar-refractivity contribution in [3.05, 3.63) is 69.8 Å². The molecule has 2 heterocycles. The van der Waals surface area contributed by atoms with Gasteiger partial charge in [0.25, 0.3) is 0 Å². The molecule has 0 saturated carbocycles. The van der Waals surface area contributed by atoms with Gasteiger partial charge in [0.1, 0.15) is 0 Å². The Morgan fingerprint density at radius 3 is 1.65 bits per heavy atom. The van der Waals surface area contributed by atoms with E-state index in [0.29, 0.717) is 13.2 Å². The van der Waals surface area contributed by atoms with Crippen molar-refractivity contribution in [1.29, 1.82) is 0 Å². The van der Waals surface area contributed by atoms with E-state index in [1.807, 2.05) is 0 Å². The maximum absolute atomic E-state index is 6.42. The van der Waals surface area contributed by atoms with E-state index in [0.717, 1.165) is 24.3 Å². The number of hydrogen-bond donors (Lipinski definition) is 1. The van der Waals surface area contributed by atoms with Crippen molar-refractivity contribution in [2.45, 2.75) is 32.5 Å².